The zero-order chi connectivity index (χ0) is 8.60. The van der Waals surface area contributed by atoms with Gasteiger partial charge in [-0.1, -0.05) is 28.1 Å². The smallest absolute Gasteiger partial charge is 0.0622 e. The largest absolute Gasteiger partial charge is 0.198 e. The fraction of sp³-hybridized carbons (Fsp3) is 0.700. The van der Waals surface area contributed by atoms with Crippen molar-refractivity contribution in [3.8, 4) is 6.07 Å². The van der Waals surface area contributed by atoms with Gasteiger partial charge in [0.05, 0.1) is 6.07 Å². The molecule has 0 heterocycles. The van der Waals surface area contributed by atoms with E-state index in [0.717, 1.165) is 18.3 Å². The van der Waals surface area contributed by atoms with Crippen LogP contribution in [0.15, 0.2) is 12.2 Å². The molecule has 2 rings (SSSR count). The molecule has 0 aromatic carbocycles. The minimum atomic E-state index is 0.326. The molecule has 2 aliphatic carbocycles. The van der Waals surface area contributed by atoms with Gasteiger partial charge in [0, 0.05) is 10.7 Å². The first-order chi connectivity index (χ1) is 5.79. The maximum atomic E-state index is 8.50. The van der Waals surface area contributed by atoms with Crippen LogP contribution in [-0.4, -0.2) is 4.32 Å². The van der Waals surface area contributed by atoms with E-state index >= 15 is 0 Å². The molecule has 0 N–H and O–H groups in total. The lowest BCUT2D eigenvalue weighted by molar-refractivity contribution is 0.689. The fourth-order valence-electron chi connectivity index (χ4n) is 2.39. The van der Waals surface area contributed by atoms with Gasteiger partial charge in [-0.05, 0) is 31.1 Å². The van der Waals surface area contributed by atoms with Crippen LogP contribution in [0.4, 0.5) is 0 Å². The molecule has 0 aromatic heterocycles. The molecule has 1 fully saturated rings. The molecule has 0 spiro atoms. The van der Waals surface area contributed by atoms with Crippen molar-refractivity contribution >= 4 is 15.9 Å². The lowest BCUT2D eigenvalue weighted by Crippen LogP contribution is -2.01. The van der Waals surface area contributed by atoms with Gasteiger partial charge in [-0.2, -0.15) is 5.26 Å². The van der Waals surface area contributed by atoms with Crippen LogP contribution in [0.3, 0.4) is 0 Å². The molecule has 0 radical (unpaired) electrons. The Balaban J connectivity index is 1.95. The van der Waals surface area contributed by atoms with Gasteiger partial charge in [0.25, 0.3) is 0 Å². The van der Waals surface area contributed by atoms with E-state index in [1.54, 1.807) is 0 Å². The molecule has 2 heteroatoms. The van der Waals surface area contributed by atoms with Crippen LogP contribution in [0, 0.1) is 23.2 Å². The number of nitrogens with zero attached hydrogens (tertiary/aromatic N) is 1. The van der Waals surface area contributed by atoms with Gasteiger partial charge < -0.3 is 0 Å². The van der Waals surface area contributed by atoms with Crippen molar-refractivity contribution in [2.24, 2.45) is 11.8 Å². The summed E-state index contributed by atoms with van der Waals surface area (Å²) >= 11 is 3.79. The summed E-state index contributed by atoms with van der Waals surface area (Å²) < 4.78 is 0.326. The molecule has 12 heavy (non-hydrogen) atoms. The van der Waals surface area contributed by atoms with E-state index in [2.05, 4.69) is 34.2 Å². The third-order valence-corrected chi connectivity index (χ3v) is 4.75. The monoisotopic (exact) mass is 225 g/mol. The Kier molecular flexibility index (Phi) is 2.00. The summed E-state index contributed by atoms with van der Waals surface area (Å²) in [7, 11) is 0. The van der Waals surface area contributed by atoms with E-state index in [1.165, 1.54) is 12.8 Å². The van der Waals surface area contributed by atoms with Gasteiger partial charge in [-0.3, -0.25) is 0 Å². The number of rotatable bonds is 2. The van der Waals surface area contributed by atoms with Gasteiger partial charge in [-0.25, -0.2) is 0 Å². The van der Waals surface area contributed by atoms with Crippen molar-refractivity contribution in [1.29, 1.82) is 5.26 Å². The van der Waals surface area contributed by atoms with E-state index in [0.29, 0.717) is 10.7 Å². The lowest BCUT2D eigenvalue weighted by Gasteiger charge is -2.04. The average Bonchev–Trinajstić information content (AvgIpc) is 2.71. The molecule has 64 valence electrons. The molecule has 1 saturated carbocycles. The number of hydrogen-bond donors (Lipinski definition) is 0. The van der Waals surface area contributed by atoms with E-state index in [1.807, 2.05) is 0 Å². The van der Waals surface area contributed by atoms with E-state index in [-0.39, 0.29) is 0 Å². The van der Waals surface area contributed by atoms with Crippen LogP contribution in [0.2, 0.25) is 0 Å². The van der Waals surface area contributed by atoms with Crippen molar-refractivity contribution in [1.82, 2.24) is 0 Å². The Hall–Kier alpha value is -0.290. The molecule has 0 saturated heterocycles. The summed E-state index contributed by atoms with van der Waals surface area (Å²) in [5.41, 5.74) is 0. The van der Waals surface area contributed by atoms with Crippen LogP contribution in [0.5, 0.6) is 0 Å². The van der Waals surface area contributed by atoms with Crippen molar-refractivity contribution < 1.29 is 0 Å². The van der Waals surface area contributed by atoms with Crippen LogP contribution < -0.4 is 0 Å². The molecule has 3 atom stereocenters. The minimum absolute atomic E-state index is 0.326. The van der Waals surface area contributed by atoms with Gasteiger partial charge >= 0.3 is 0 Å². The van der Waals surface area contributed by atoms with Crippen molar-refractivity contribution in [2.75, 3.05) is 0 Å². The van der Waals surface area contributed by atoms with E-state index < -0.39 is 0 Å². The fourth-order valence-corrected chi connectivity index (χ4v) is 3.47. The SMILES string of the molecule is N#CCCC1(Br)[C@@H]2CC=CC[C@@H]21. The third kappa shape index (κ3) is 1.11. The van der Waals surface area contributed by atoms with Crippen LogP contribution >= 0.6 is 15.9 Å². The van der Waals surface area contributed by atoms with Crippen molar-refractivity contribution in [3.05, 3.63) is 12.2 Å². The lowest BCUT2D eigenvalue weighted by atomic mass is 10.1. The van der Waals surface area contributed by atoms with Gasteiger partial charge in [0.15, 0.2) is 0 Å². The molecule has 0 aliphatic heterocycles. The summed E-state index contributed by atoms with van der Waals surface area (Å²) in [5, 5.41) is 8.50. The van der Waals surface area contributed by atoms with Crippen LogP contribution in [-0.2, 0) is 0 Å². The first kappa shape index (κ1) is 8.31. The standard InChI is InChI=1S/C10H12BrN/c11-10(6-3-7-12)8-4-1-2-5-9(8)10/h1-2,8-9H,3-6H2/t8-,9+,10?. The number of allylic oxidation sites excluding steroid dienone is 2. The van der Waals surface area contributed by atoms with Crippen molar-refractivity contribution in [2.45, 2.75) is 30.0 Å². The number of alkyl halides is 1. The Morgan fingerprint density at radius 2 is 2.00 bits per heavy atom. The average molecular weight is 226 g/mol. The highest BCUT2D eigenvalue weighted by molar-refractivity contribution is 9.10. The zero-order valence-electron chi connectivity index (χ0n) is 6.96. The summed E-state index contributed by atoms with van der Waals surface area (Å²) in [6.45, 7) is 0. The first-order valence-corrected chi connectivity index (χ1v) is 5.29. The number of nitriles is 1. The highest BCUT2D eigenvalue weighted by Gasteiger charge is 2.61. The third-order valence-electron chi connectivity index (χ3n) is 3.18. The topological polar surface area (TPSA) is 23.8 Å². The van der Waals surface area contributed by atoms with Gasteiger partial charge in [-0.15, -0.1) is 0 Å². The molecule has 0 aromatic rings. The summed E-state index contributed by atoms with van der Waals surface area (Å²) in [6, 6.07) is 2.22. The number of fused-ring (bicyclic) bond motifs is 1. The first-order valence-electron chi connectivity index (χ1n) is 4.50. The molecular formula is C10H12BrN. The molecule has 2 aliphatic rings. The Bertz CT molecular complexity index is 237. The van der Waals surface area contributed by atoms with E-state index in [4.69, 9.17) is 5.26 Å². The highest BCUT2D eigenvalue weighted by Crippen LogP contribution is 2.64. The van der Waals surface area contributed by atoms with Gasteiger partial charge in [0.1, 0.15) is 0 Å². The maximum absolute atomic E-state index is 8.50. The minimum Gasteiger partial charge on any atom is -0.198 e. The predicted molar refractivity (Wildman–Crippen MR) is 51.9 cm³/mol. The number of halogens is 1. The zero-order valence-corrected chi connectivity index (χ0v) is 8.55. The Morgan fingerprint density at radius 1 is 1.42 bits per heavy atom. The van der Waals surface area contributed by atoms with Gasteiger partial charge in [0.2, 0.25) is 0 Å². The second-order valence-corrected chi connectivity index (χ2v) is 5.22. The predicted octanol–water partition coefficient (Wildman–Crippen LogP) is 3.02. The van der Waals surface area contributed by atoms with E-state index in [9.17, 15) is 0 Å². The summed E-state index contributed by atoms with van der Waals surface area (Å²) in [5.74, 6) is 1.63. The van der Waals surface area contributed by atoms with Crippen LogP contribution in [0.25, 0.3) is 0 Å². The summed E-state index contributed by atoms with van der Waals surface area (Å²) in [6.07, 6.45) is 8.69. The second-order valence-electron chi connectivity index (χ2n) is 3.74. The molecule has 1 unspecified atom stereocenters. The van der Waals surface area contributed by atoms with Crippen molar-refractivity contribution in [3.63, 3.8) is 0 Å². The molecule has 1 nitrogen and oxygen atoms in total. The maximum Gasteiger partial charge on any atom is 0.0622 e. The van der Waals surface area contributed by atoms with Crippen LogP contribution in [0.1, 0.15) is 25.7 Å². The quantitative estimate of drug-likeness (QED) is 0.524. The Labute approximate surface area is 81.6 Å². The molecule has 0 amide bonds. The molecule has 0 bridgehead atoms. The Morgan fingerprint density at radius 3 is 2.50 bits per heavy atom. The number of hydrogen-bond acceptors (Lipinski definition) is 1. The summed E-state index contributed by atoms with van der Waals surface area (Å²) in [4.78, 5) is 0. The highest BCUT2D eigenvalue weighted by atomic mass is 79.9. The molecular weight excluding hydrogens is 214 g/mol. The normalized spacial score (nSPS) is 43.3. The second kappa shape index (κ2) is 2.88.